The van der Waals surface area contributed by atoms with Gasteiger partial charge in [-0.2, -0.15) is 0 Å². The van der Waals surface area contributed by atoms with E-state index < -0.39 is 0 Å². The Morgan fingerprint density at radius 1 is 1.41 bits per heavy atom. The van der Waals surface area contributed by atoms with Crippen LogP contribution < -0.4 is 15.5 Å². The number of hydrogen-bond acceptors (Lipinski definition) is 6. The molecule has 4 rings (SSSR count). The molecule has 1 unspecified atom stereocenters. The number of aliphatic imine (C=N–C) groups is 1. The molecule has 0 aliphatic carbocycles. The molecule has 3 aromatic rings. The molecule has 1 aliphatic rings. The number of anilines is 1. The Labute approximate surface area is 195 Å². The van der Waals surface area contributed by atoms with Gasteiger partial charge in [-0.3, -0.25) is 4.99 Å². The van der Waals surface area contributed by atoms with E-state index in [0.29, 0.717) is 17.5 Å². The summed E-state index contributed by atoms with van der Waals surface area (Å²) in [5, 5.41) is 9.44. The van der Waals surface area contributed by atoms with Crippen LogP contribution in [-0.4, -0.2) is 42.1 Å². The lowest BCUT2D eigenvalue weighted by molar-refractivity contribution is 0.573. The lowest BCUT2D eigenvalue weighted by atomic mass is 10.3. The molecule has 0 saturated carbocycles. The van der Waals surface area contributed by atoms with Crippen LogP contribution in [0.25, 0.3) is 10.8 Å². The Balaban J connectivity index is 0.00000240. The van der Waals surface area contributed by atoms with Crippen molar-refractivity contribution in [1.82, 2.24) is 20.6 Å². The minimum absolute atomic E-state index is 0. The van der Waals surface area contributed by atoms with Gasteiger partial charge < -0.3 is 20.0 Å². The number of pyridine rings is 1. The molecular formula is C19H22ClIN6OS. The summed E-state index contributed by atoms with van der Waals surface area (Å²) in [7, 11) is 1.76. The standard InChI is InChI=1S/C19H21ClN6OS.HI/c1-21-19(23-10-14-12-27-18(24-14)16-5-3-9-28-16)25-13-6-8-26(11-13)17-15(20)4-2-7-22-17;/h2-5,7,9,12-13H,6,8,10-11H2,1H3,(H2,21,23,25);1H. The molecule has 1 atom stereocenters. The maximum atomic E-state index is 6.27. The topological polar surface area (TPSA) is 78.6 Å². The average molecular weight is 545 g/mol. The van der Waals surface area contributed by atoms with Gasteiger partial charge in [0.15, 0.2) is 5.96 Å². The first-order chi connectivity index (χ1) is 13.7. The predicted octanol–water partition coefficient (Wildman–Crippen LogP) is 4.01. The molecule has 1 fully saturated rings. The second kappa shape index (κ2) is 10.3. The molecule has 0 aromatic carbocycles. The molecule has 3 aromatic heterocycles. The fourth-order valence-corrected chi connectivity index (χ4v) is 4.04. The molecule has 1 saturated heterocycles. The first-order valence-corrected chi connectivity index (χ1v) is 10.3. The summed E-state index contributed by atoms with van der Waals surface area (Å²) in [4.78, 5) is 16.4. The molecule has 0 amide bonds. The summed E-state index contributed by atoms with van der Waals surface area (Å²) < 4.78 is 5.56. The highest BCUT2D eigenvalue weighted by atomic mass is 127. The van der Waals surface area contributed by atoms with Crippen molar-refractivity contribution < 1.29 is 4.42 Å². The Hall–Kier alpha value is -1.85. The summed E-state index contributed by atoms with van der Waals surface area (Å²) in [6.45, 7) is 2.26. The third-order valence-corrected chi connectivity index (χ3v) is 5.66. The van der Waals surface area contributed by atoms with Crippen LogP contribution in [-0.2, 0) is 6.54 Å². The maximum absolute atomic E-state index is 6.27. The van der Waals surface area contributed by atoms with Crippen LogP contribution in [0.3, 0.4) is 0 Å². The van der Waals surface area contributed by atoms with Gasteiger partial charge >= 0.3 is 0 Å². The molecule has 0 spiro atoms. The molecule has 154 valence electrons. The van der Waals surface area contributed by atoms with E-state index in [4.69, 9.17) is 16.0 Å². The normalized spacial score (nSPS) is 16.6. The van der Waals surface area contributed by atoms with E-state index in [-0.39, 0.29) is 30.0 Å². The van der Waals surface area contributed by atoms with E-state index >= 15 is 0 Å². The Kier molecular flexibility index (Phi) is 7.73. The lowest BCUT2D eigenvalue weighted by Crippen LogP contribution is -2.44. The molecular weight excluding hydrogens is 523 g/mol. The molecule has 2 N–H and O–H groups in total. The van der Waals surface area contributed by atoms with Gasteiger partial charge in [-0.25, -0.2) is 9.97 Å². The van der Waals surface area contributed by atoms with Crippen molar-refractivity contribution in [3.05, 3.63) is 52.8 Å². The first kappa shape index (κ1) is 21.8. The summed E-state index contributed by atoms with van der Waals surface area (Å²) in [6, 6.07) is 7.96. The number of thiophene rings is 1. The fraction of sp³-hybridized carbons (Fsp3) is 0.316. The van der Waals surface area contributed by atoms with Gasteiger partial charge in [0.1, 0.15) is 12.1 Å². The molecule has 10 heteroatoms. The minimum atomic E-state index is 0. The van der Waals surface area contributed by atoms with Crippen LogP contribution in [0, 0.1) is 0 Å². The van der Waals surface area contributed by atoms with Gasteiger partial charge in [0.25, 0.3) is 0 Å². The van der Waals surface area contributed by atoms with Crippen LogP contribution in [0.4, 0.5) is 5.82 Å². The van der Waals surface area contributed by atoms with Crippen LogP contribution in [0.1, 0.15) is 12.1 Å². The average Bonchev–Trinajstić information content (AvgIpc) is 3.46. The largest absolute Gasteiger partial charge is 0.443 e. The van der Waals surface area contributed by atoms with E-state index in [9.17, 15) is 0 Å². The highest BCUT2D eigenvalue weighted by Gasteiger charge is 2.25. The monoisotopic (exact) mass is 544 g/mol. The SMILES string of the molecule is CN=C(NCc1coc(-c2cccs2)n1)NC1CCN(c2ncccc2Cl)C1.I. The smallest absolute Gasteiger partial charge is 0.236 e. The number of aromatic nitrogens is 2. The highest BCUT2D eigenvalue weighted by molar-refractivity contribution is 14.0. The van der Waals surface area contributed by atoms with Gasteiger partial charge in [0.2, 0.25) is 5.89 Å². The van der Waals surface area contributed by atoms with E-state index in [1.165, 1.54) is 0 Å². The molecule has 29 heavy (non-hydrogen) atoms. The van der Waals surface area contributed by atoms with E-state index in [0.717, 1.165) is 41.9 Å². The van der Waals surface area contributed by atoms with Gasteiger partial charge in [-0.1, -0.05) is 17.7 Å². The van der Waals surface area contributed by atoms with E-state index in [1.807, 2.05) is 29.6 Å². The molecule has 7 nitrogen and oxygen atoms in total. The van der Waals surface area contributed by atoms with Crippen LogP contribution in [0.5, 0.6) is 0 Å². The van der Waals surface area contributed by atoms with Gasteiger partial charge in [0, 0.05) is 32.4 Å². The van der Waals surface area contributed by atoms with Crippen molar-refractivity contribution in [2.75, 3.05) is 25.0 Å². The number of guanidine groups is 1. The summed E-state index contributed by atoms with van der Waals surface area (Å²) >= 11 is 7.87. The second-order valence-electron chi connectivity index (χ2n) is 6.43. The van der Waals surface area contributed by atoms with Crippen LogP contribution >= 0.6 is 46.9 Å². The zero-order valence-electron chi connectivity index (χ0n) is 15.8. The second-order valence-corrected chi connectivity index (χ2v) is 7.79. The van der Waals surface area contributed by atoms with Crippen molar-refractivity contribution in [3.8, 4) is 10.8 Å². The molecule has 0 radical (unpaired) electrons. The highest BCUT2D eigenvalue weighted by Crippen LogP contribution is 2.26. The minimum Gasteiger partial charge on any atom is -0.443 e. The van der Waals surface area contributed by atoms with Crippen molar-refractivity contribution in [1.29, 1.82) is 0 Å². The molecule has 1 aliphatic heterocycles. The Morgan fingerprint density at radius 3 is 3.07 bits per heavy atom. The number of halogens is 2. The quantitative estimate of drug-likeness (QED) is 0.287. The predicted molar refractivity (Wildman–Crippen MR) is 128 cm³/mol. The van der Waals surface area contributed by atoms with Gasteiger partial charge in [-0.15, -0.1) is 35.3 Å². The number of nitrogens with zero attached hydrogens (tertiary/aromatic N) is 4. The van der Waals surface area contributed by atoms with Crippen LogP contribution in [0.15, 0.2) is 51.5 Å². The third-order valence-electron chi connectivity index (χ3n) is 4.51. The summed E-state index contributed by atoms with van der Waals surface area (Å²) in [5.41, 5.74) is 0.833. The zero-order chi connectivity index (χ0) is 19.3. The zero-order valence-corrected chi connectivity index (χ0v) is 19.7. The summed E-state index contributed by atoms with van der Waals surface area (Å²) in [5.74, 6) is 2.22. The number of rotatable bonds is 5. The lowest BCUT2D eigenvalue weighted by Gasteiger charge is -2.20. The van der Waals surface area contributed by atoms with Crippen molar-refractivity contribution >= 4 is 58.7 Å². The van der Waals surface area contributed by atoms with Gasteiger partial charge in [-0.05, 0) is 30.0 Å². The molecule has 0 bridgehead atoms. The van der Waals surface area contributed by atoms with E-state index in [2.05, 4.69) is 30.5 Å². The Bertz CT molecular complexity index is 948. The number of nitrogens with one attached hydrogen (secondary N) is 2. The number of oxazole rings is 1. The third kappa shape index (κ3) is 5.40. The molecule has 4 heterocycles. The maximum Gasteiger partial charge on any atom is 0.236 e. The van der Waals surface area contributed by atoms with Crippen molar-refractivity contribution in [3.63, 3.8) is 0 Å². The Morgan fingerprint density at radius 2 is 2.31 bits per heavy atom. The number of hydrogen-bond donors (Lipinski definition) is 2. The van der Waals surface area contributed by atoms with E-state index in [1.54, 1.807) is 30.8 Å². The van der Waals surface area contributed by atoms with Gasteiger partial charge in [0.05, 0.1) is 22.1 Å². The van der Waals surface area contributed by atoms with Crippen molar-refractivity contribution in [2.24, 2.45) is 4.99 Å². The van der Waals surface area contributed by atoms with Crippen molar-refractivity contribution in [2.45, 2.75) is 19.0 Å². The summed E-state index contributed by atoms with van der Waals surface area (Å²) in [6.07, 6.45) is 4.43. The fourth-order valence-electron chi connectivity index (χ4n) is 3.14. The van der Waals surface area contributed by atoms with Crippen LogP contribution in [0.2, 0.25) is 5.02 Å². The first-order valence-electron chi connectivity index (χ1n) is 9.04.